The van der Waals surface area contributed by atoms with Crippen LogP contribution in [0.2, 0.25) is 0 Å². The Labute approximate surface area is 60.4 Å². The fraction of sp³-hybridized carbons (Fsp3) is 1.00. The second-order valence-electron chi connectivity index (χ2n) is 1.25. The molecule has 1 radical (unpaired) electrons. The van der Waals surface area contributed by atoms with E-state index in [2.05, 4.69) is 31.9 Å². The zero-order valence-electron chi connectivity index (χ0n) is 3.86. The third kappa shape index (κ3) is 4.78. The summed E-state index contributed by atoms with van der Waals surface area (Å²) in [5.74, 6) is 0. The summed E-state index contributed by atoms with van der Waals surface area (Å²) in [4.78, 5) is 0. The smallest absolute Gasteiger partial charge is 0.103 e. The van der Waals surface area contributed by atoms with Crippen molar-refractivity contribution in [1.29, 1.82) is 0 Å². The molecule has 0 bridgehead atoms. The van der Waals surface area contributed by atoms with Gasteiger partial charge in [-0.2, -0.15) is 0 Å². The van der Waals surface area contributed by atoms with Crippen LogP contribution in [0.1, 0.15) is 6.42 Å². The monoisotopic (exact) mass is 229 g/mol. The summed E-state index contributed by atoms with van der Waals surface area (Å²) in [6.07, 6.45) is 0.282. The van der Waals surface area contributed by atoms with Gasteiger partial charge in [0.25, 0.3) is 0 Å². The largest absolute Gasteiger partial charge is 0.232 e. The Hall–Kier alpha value is 0.920. The van der Waals surface area contributed by atoms with E-state index in [-0.39, 0.29) is 0 Å². The molecular weight excluding hydrogens is 224 g/mol. The molecule has 43 valence electrons. The van der Waals surface area contributed by atoms with Crippen LogP contribution in [0.15, 0.2) is 0 Å². The molecule has 1 unspecified atom stereocenters. The fourth-order valence-corrected chi connectivity index (χ4v) is 1.03. The van der Waals surface area contributed by atoms with E-state index >= 15 is 0 Å². The maximum Gasteiger partial charge on any atom is 0.103 e. The summed E-state index contributed by atoms with van der Waals surface area (Å²) < 4.78 is 0. The Morgan fingerprint density at radius 3 is 2.14 bits per heavy atom. The van der Waals surface area contributed by atoms with Gasteiger partial charge >= 0.3 is 0 Å². The Morgan fingerprint density at radius 2 is 2.00 bits per heavy atom. The summed E-state index contributed by atoms with van der Waals surface area (Å²) in [6, 6.07) is 0. The van der Waals surface area contributed by atoms with Crippen LogP contribution in [0.4, 0.5) is 0 Å². The molecule has 0 spiro atoms. The minimum atomic E-state index is -0.431. The first-order valence-electron chi connectivity index (χ1n) is 2.09. The highest BCUT2D eigenvalue weighted by atomic mass is 79.9. The van der Waals surface area contributed by atoms with E-state index in [4.69, 9.17) is 0 Å². The van der Waals surface area contributed by atoms with E-state index in [1.54, 1.807) is 0 Å². The van der Waals surface area contributed by atoms with Gasteiger partial charge in [0.05, 0.1) is 0 Å². The second kappa shape index (κ2) is 5.06. The van der Waals surface area contributed by atoms with E-state index in [9.17, 15) is 5.11 Å². The minimum absolute atomic E-state index is 0.431. The molecule has 0 fully saturated rings. The normalized spacial score (nSPS) is 14.1. The highest BCUT2D eigenvalue weighted by Crippen LogP contribution is 1.98. The van der Waals surface area contributed by atoms with Crippen LogP contribution in [0.5, 0.6) is 0 Å². The molecule has 0 aliphatic rings. The average molecular weight is 231 g/mol. The predicted octanol–water partition coefficient (Wildman–Crippen LogP) is 1.97. The lowest BCUT2D eigenvalue weighted by molar-refractivity contribution is 0.109. The van der Waals surface area contributed by atoms with Gasteiger partial charge in [-0.15, -0.1) is 0 Å². The fourth-order valence-electron chi connectivity index (χ4n) is 0.199. The second-order valence-corrected chi connectivity index (χ2v) is 2.69. The topological polar surface area (TPSA) is 19.9 Å². The lowest BCUT2D eigenvalue weighted by atomic mass is 10.3. The Kier molecular flexibility index (Phi) is 5.73. The van der Waals surface area contributed by atoms with Crippen molar-refractivity contribution in [3.63, 3.8) is 0 Å². The summed E-state index contributed by atoms with van der Waals surface area (Å²) in [7, 11) is 0. The molecule has 1 atom stereocenters. The summed E-state index contributed by atoms with van der Waals surface area (Å²) in [5, 5.41) is 11.8. The minimum Gasteiger partial charge on any atom is -0.232 e. The first kappa shape index (κ1) is 7.92. The molecule has 0 saturated carbocycles. The number of alkyl halides is 2. The van der Waals surface area contributed by atoms with Gasteiger partial charge in [0.2, 0.25) is 0 Å². The summed E-state index contributed by atoms with van der Waals surface area (Å²) in [6.45, 7) is 0. The molecule has 0 aliphatic carbocycles. The van der Waals surface area contributed by atoms with E-state index in [1.807, 2.05) is 0 Å². The molecule has 0 N–H and O–H groups in total. The molecule has 0 saturated heterocycles. The highest BCUT2D eigenvalue weighted by Gasteiger charge is 1.99. The van der Waals surface area contributed by atoms with E-state index in [0.29, 0.717) is 11.8 Å². The van der Waals surface area contributed by atoms with Gasteiger partial charge in [-0.3, -0.25) is 0 Å². The first-order chi connectivity index (χ1) is 3.31. The van der Waals surface area contributed by atoms with Crippen molar-refractivity contribution in [3.05, 3.63) is 0 Å². The molecule has 3 heteroatoms. The number of halogens is 2. The Morgan fingerprint density at radius 1 is 1.43 bits per heavy atom. The van der Waals surface area contributed by atoms with Gasteiger partial charge in [-0.25, -0.2) is 5.11 Å². The molecule has 7 heavy (non-hydrogen) atoms. The lowest BCUT2D eigenvalue weighted by Crippen LogP contribution is -2.05. The molecule has 0 aliphatic heterocycles. The van der Waals surface area contributed by atoms with Crippen molar-refractivity contribution in [2.45, 2.75) is 12.5 Å². The zero-order valence-corrected chi connectivity index (χ0v) is 7.03. The third-order valence-corrected chi connectivity index (χ3v) is 1.78. The van der Waals surface area contributed by atoms with Gasteiger partial charge in [0.15, 0.2) is 0 Å². The van der Waals surface area contributed by atoms with E-state index < -0.39 is 6.10 Å². The van der Waals surface area contributed by atoms with Gasteiger partial charge < -0.3 is 0 Å². The van der Waals surface area contributed by atoms with Crippen LogP contribution in [0, 0.1) is 0 Å². The van der Waals surface area contributed by atoms with Crippen LogP contribution in [-0.2, 0) is 5.11 Å². The van der Waals surface area contributed by atoms with Crippen LogP contribution in [0.3, 0.4) is 0 Å². The molecular formula is C4H7Br2O. The number of hydrogen-bond acceptors (Lipinski definition) is 0. The SMILES string of the molecule is [O]C(CBr)CCBr. The van der Waals surface area contributed by atoms with Gasteiger partial charge in [-0.05, 0) is 6.42 Å². The molecule has 0 rings (SSSR count). The summed E-state index contributed by atoms with van der Waals surface area (Å²) in [5.41, 5.74) is 0. The van der Waals surface area contributed by atoms with E-state index in [0.717, 1.165) is 5.33 Å². The van der Waals surface area contributed by atoms with Crippen molar-refractivity contribution in [2.24, 2.45) is 0 Å². The molecule has 0 heterocycles. The lowest BCUT2D eigenvalue weighted by Gasteiger charge is -1.96. The maximum absolute atomic E-state index is 10.4. The van der Waals surface area contributed by atoms with E-state index in [1.165, 1.54) is 0 Å². The average Bonchev–Trinajstić information content (AvgIpc) is 1.68. The molecule has 0 aromatic heterocycles. The van der Waals surface area contributed by atoms with Crippen molar-refractivity contribution in [3.8, 4) is 0 Å². The highest BCUT2D eigenvalue weighted by molar-refractivity contribution is 9.09. The van der Waals surface area contributed by atoms with Crippen LogP contribution >= 0.6 is 31.9 Å². The number of rotatable bonds is 3. The third-order valence-electron chi connectivity index (χ3n) is 0.603. The Balaban J connectivity index is 2.83. The molecule has 1 nitrogen and oxygen atoms in total. The molecule has 0 aromatic rings. The summed E-state index contributed by atoms with van der Waals surface area (Å²) >= 11 is 6.25. The van der Waals surface area contributed by atoms with Crippen LogP contribution in [0.25, 0.3) is 0 Å². The van der Waals surface area contributed by atoms with Crippen molar-refractivity contribution >= 4 is 31.9 Å². The van der Waals surface area contributed by atoms with Crippen LogP contribution < -0.4 is 0 Å². The molecule has 0 amide bonds. The van der Waals surface area contributed by atoms with Gasteiger partial charge in [0, 0.05) is 10.7 Å². The van der Waals surface area contributed by atoms with Gasteiger partial charge in [0.1, 0.15) is 6.10 Å². The first-order valence-corrected chi connectivity index (χ1v) is 4.33. The maximum atomic E-state index is 10.4. The van der Waals surface area contributed by atoms with Crippen molar-refractivity contribution in [2.75, 3.05) is 10.7 Å². The van der Waals surface area contributed by atoms with Crippen LogP contribution in [-0.4, -0.2) is 16.8 Å². The van der Waals surface area contributed by atoms with Crippen molar-refractivity contribution < 1.29 is 5.11 Å². The molecule has 0 aromatic carbocycles. The standard InChI is InChI=1S/C4H7Br2O/c5-2-1-4(7)3-6/h4H,1-3H2. The quantitative estimate of drug-likeness (QED) is 0.661. The van der Waals surface area contributed by atoms with Crippen molar-refractivity contribution in [1.82, 2.24) is 0 Å². The Bertz CT molecular complexity index is 40.7. The number of hydrogen-bond donors (Lipinski definition) is 0. The van der Waals surface area contributed by atoms with Gasteiger partial charge in [-0.1, -0.05) is 31.9 Å². The predicted molar refractivity (Wildman–Crippen MR) is 36.7 cm³/mol. The zero-order chi connectivity index (χ0) is 5.70.